The molecule has 4 heteroatoms. The van der Waals surface area contributed by atoms with Crippen LogP contribution in [0, 0.1) is 0 Å². The van der Waals surface area contributed by atoms with Gasteiger partial charge in [-0.25, -0.2) is 12.1 Å². The SMILES string of the molecule is CC([O-])=C1C=CC=C1.COc1ccc(C(=O)CCCCCCCc2ccc[cH-]2)cc1.[Fe+2]. The van der Waals surface area contributed by atoms with Crippen molar-refractivity contribution in [1.82, 2.24) is 0 Å². The van der Waals surface area contributed by atoms with Crippen LogP contribution in [0.2, 0.25) is 0 Å². The van der Waals surface area contributed by atoms with Crippen molar-refractivity contribution in [2.75, 3.05) is 7.11 Å². The molecule has 0 unspecified atom stereocenters. The summed E-state index contributed by atoms with van der Waals surface area (Å²) in [6.07, 6.45) is 15.0. The summed E-state index contributed by atoms with van der Waals surface area (Å²) >= 11 is 0. The molecule has 0 aliphatic heterocycles. The number of methoxy groups -OCH3 is 1. The molecule has 0 bridgehead atoms. The second-order valence-electron chi connectivity index (χ2n) is 7.44. The molecule has 2 aromatic rings. The van der Waals surface area contributed by atoms with Crippen LogP contribution in [0.5, 0.6) is 5.75 Å². The molecule has 0 saturated carbocycles. The number of aryl methyl sites for hydroxylation is 1. The molecular formula is C27H32FeO3. The Morgan fingerprint density at radius 2 is 1.61 bits per heavy atom. The van der Waals surface area contributed by atoms with Gasteiger partial charge < -0.3 is 9.84 Å². The molecule has 0 spiro atoms. The zero-order chi connectivity index (χ0) is 21.6. The Bertz CT molecular complexity index is 825. The summed E-state index contributed by atoms with van der Waals surface area (Å²) in [5.41, 5.74) is 3.02. The Labute approximate surface area is 197 Å². The average Bonchev–Trinajstić information content (AvgIpc) is 3.48. The van der Waals surface area contributed by atoms with Gasteiger partial charge in [0.05, 0.1) is 7.11 Å². The number of benzene rings is 1. The topological polar surface area (TPSA) is 49.4 Å². The van der Waals surface area contributed by atoms with Crippen LogP contribution in [-0.2, 0) is 23.5 Å². The molecule has 0 radical (unpaired) electrons. The molecule has 31 heavy (non-hydrogen) atoms. The van der Waals surface area contributed by atoms with Gasteiger partial charge in [0.25, 0.3) is 0 Å². The van der Waals surface area contributed by atoms with Gasteiger partial charge in [0, 0.05) is 12.0 Å². The number of ether oxygens (including phenoxy) is 1. The van der Waals surface area contributed by atoms with E-state index < -0.39 is 0 Å². The largest absolute Gasteiger partial charge is 2.00 e. The Morgan fingerprint density at radius 3 is 2.16 bits per heavy atom. The first-order valence-corrected chi connectivity index (χ1v) is 10.7. The zero-order valence-corrected chi connectivity index (χ0v) is 19.6. The third kappa shape index (κ3) is 10.4. The van der Waals surface area contributed by atoms with E-state index in [1.165, 1.54) is 31.2 Å². The Morgan fingerprint density at radius 1 is 0.968 bits per heavy atom. The van der Waals surface area contributed by atoms with Crippen molar-refractivity contribution in [2.24, 2.45) is 0 Å². The molecule has 2 aromatic carbocycles. The van der Waals surface area contributed by atoms with Crippen molar-refractivity contribution < 1.29 is 31.7 Å². The first kappa shape index (κ1) is 26.6. The van der Waals surface area contributed by atoms with Gasteiger partial charge in [-0.3, -0.25) is 4.79 Å². The van der Waals surface area contributed by atoms with Gasteiger partial charge in [-0.1, -0.05) is 63.3 Å². The van der Waals surface area contributed by atoms with Gasteiger partial charge in [-0.15, -0.1) is 5.76 Å². The maximum Gasteiger partial charge on any atom is 2.00 e. The third-order valence-electron chi connectivity index (χ3n) is 5.08. The van der Waals surface area contributed by atoms with Gasteiger partial charge in [0.15, 0.2) is 5.78 Å². The van der Waals surface area contributed by atoms with E-state index in [-0.39, 0.29) is 28.6 Å². The third-order valence-corrected chi connectivity index (χ3v) is 5.08. The van der Waals surface area contributed by atoms with Crippen molar-refractivity contribution in [1.29, 1.82) is 0 Å². The molecule has 3 nitrogen and oxygen atoms in total. The minimum atomic E-state index is 0. The fourth-order valence-electron chi connectivity index (χ4n) is 3.26. The average molecular weight is 460 g/mol. The molecule has 0 aromatic heterocycles. The van der Waals surface area contributed by atoms with Crippen molar-refractivity contribution >= 4 is 5.78 Å². The van der Waals surface area contributed by atoms with Crippen LogP contribution in [0.4, 0.5) is 0 Å². The van der Waals surface area contributed by atoms with E-state index >= 15 is 0 Å². The zero-order valence-electron chi connectivity index (χ0n) is 18.5. The molecule has 1 aliphatic carbocycles. The number of rotatable bonds is 10. The van der Waals surface area contributed by atoms with Crippen molar-refractivity contribution in [2.45, 2.75) is 51.9 Å². The molecule has 166 valence electrons. The van der Waals surface area contributed by atoms with Gasteiger partial charge >= 0.3 is 17.1 Å². The quantitative estimate of drug-likeness (QED) is 0.145. The van der Waals surface area contributed by atoms with Crippen LogP contribution in [0.25, 0.3) is 0 Å². The van der Waals surface area contributed by atoms with Gasteiger partial charge in [-0.2, -0.15) is 17.7 Å². The fourth-order valence-corrected chi connectivity index (χ4v) is 3.26. The number of allylic oxidation sites excluding steroid dienone is 6. The van der Waals surface area contributed by atoms with Crippen molar-refractivity contribution in [3.63, 3.8) is 0 Å². The molecule has 1 aliphatic rings. The minimum Gasteiger partial charge on any atom is -0.875 e. The standard InChI is InChI=1S/C20H25O2.C7H8O.Fe/c1-22-19-15-13-18(14-16-19)20(21)12-6-4-2-3-5-9-17-10-7-8-11-17;1-6(8)7-4-2-3-5-7;/h7-8,10-11,13-16H,2-6,9,12H2,1H3;2-5,8H,1H3;/q-1;;+2/p-1. The van der Waals surface area contributed by atoms with E-state index in [0.29, 0.717) is 6.42 Å². The number of unbranched alkanes of at least 4 members (excludes halogenated alkanes) is 4. The second kappa shape index (κ2) is 15.4. The second-order valence-corrected chi connectivity index (χ2v) is 7.44. The van der Waals surface area contributed by atoms with Gasteiger partial charge in [0.2, 0.25) is 0 Å². The Kier molecular flexibility index (Phi) is 13.2. The number of carbonyl (C=O) groups is 1. The summed E-state index contributed by atoms with van der Waals surface area (Å²) in [6.45, 7) is 1.56. The predicted octanol–water partition coefficient (Wildman–Crippen LogP) is 5.92. The number of hydrogen-bond donors (Lipinski definition) is 0. The smallest absolute Gasteiger partial charge is 0.875 e. The summed E-state index contributed by atoms with van der Waals surface area (Å²) in [7, 11) is 1.63. The van der Waals surface area contributed by atoms with E-state index in [4.69, 9.17) is 4.74 Å². The summed E-state index contributed by atoms with van der Waals surface area (Å²) in [5, 5.41) is 10.5. The Balaban J connectivity index is 0.000000450. The van der Waals surface area contributed by atoms with Crippen LogP contribution in [-0.4, -0.2) is 12.9 Å². The molecule has 0 atom stereocenters. The number of ketones is 1. The van der Waals surface area contributed by atoms with Crippen LogP contribution >= 0.6 is 0 Å². The predicted molar refractivity (Wildman–Crippen MR) is 122 cm³/mol. The summed E-state index contributed by atoms with van der Waals surface area (Å²) in [5.74, 6) is 1.16. The van der Waals surface area contributed by atoms with Crippen LogP contribution in [0.15, 0.2) is 84.2 Å². The van der Waals surface area contributed by atoms with E-state index in [9.17, 15) is 9.90 Å². The molecule has 0 saturated heterocycles. The molecule has 0 N–H and O–H groups in total. The van der Waals surface area contributed by atoms with Crippen molar-refractivity contribution in [3.05, 3.63) is 95.3 Å². The number of carbonyl (C=O) groups excluding carboxylic acids is 1. The maximum absolute atomic E-state index is 12.0. The van der Waals surface area contributed by atoms with Crippen molar-refractivity contribution in [3.8, 4) is 5.75 Å². The number of hydrogen-bond acceptors (Lipinski definition) is 3. The van der Waals surface area contributed by atoms with E-state index in [0.717, 1.165) is 29.7 Å². The van der Waals surface area contributed by atoms with Crippen LogP contribution in [0.3, 0.4) is 0 Å². The maximum atomic E-state index is 12.0. The molecule has 0 fully saturated rings. The molecule has 0 heterocycles. The summed E-state index contributed by atoms with van der Waals surface area (Å²) < 4.78 is 5.10. The number of Topliss-reactive ketones (excluding diaryl/α,β-unsaturated/α-hetero) is 1. The molecular weight excluding hydrogens is 428 g/mol. The Hall–Kier alpha value is -2.42. The first-order chi connectivity index (χ1) is 14.6. The molecule has 3 rings (SSSR count). The minimum absolute atomic E-state index is 0. The van der Waals surface area contributed by atoms with E-state index in [2.05, 4.69) is 24.3 Å². The first-order valence-electron chi connectivity index (χ1n) is 10.7. The van der Waals surface area contributed by atoms with Gasteiger partial charge in [0.1, 0.15) is 5.75 Å². The summed E-state index contributed by atoms with van der Waals surface area (Å²) in [6, 6.07) is 16.0. The van der Waals surface area contributed by atoms with Crippen LogP contribution in [0.1, 0.15) is 61.4 Å². The van der Waals surface area contributed by atoms with Gasteiger partial charge in [-0.05, 0) is 36.3 Å². The molecule has 0 amide bonds. The summed E-state index contributed by atoms with van der Waals surface area (Å²) in [4.78, 5) is 12.0. The normalized spacial score (nSPS) is 11.5. The van der Waals surface area contributed by atoms with E-state index in [1.807, 2.05) is 48.6 Å². The van der Waals surface area contributed by atoms with E-state index in [1.54, 1.807) is 14.0 Å². The monoisotopic (exact) mass is 460 g/mol. The van der Waals surface area contributed by atoms with Crippen LogP contribution < -0.4 is 9.84 Å². The fraction of sp³-hybridized carbons (Fsp3) is 0.333.